The Morgan fingerprint density at radius 2 is 1.91 bits per heavy atom. The van der Waals surface area contributed by atoms with E-state index in [4.69, 9.17) is 4.74 Å². The van der Waals surface area contributed by atoms with Gasteiger partial charge in [-0.1, -0.05) is 31.2 Å². The van der Waals surface area contributed by atoms with Crippen LogP contribution in [0, 0.1) is 0 Å². The van der Waals surface area contributed by atoms with Crippen molar-refractivity contribution in [1.82, 2.24) is 9.88 Å². The summed E-state index contributed by atoms with van der Waals surface area (Å²) in [5.74, 6) is 0.681. The lowest BCUT2D eigenvalue weighted by molar-refractivity contribution is 0.0682. The number of hydrogen-bond acceptors (Lipinski definition) is 4. The molecule has 0 saturated heterocycles. The van der Waals surface area contributed by atoms with Crippen LogP contribution in [0.3, 0.4) is 0 Å². The molecule has 0 aliphatic rings. The molecule has 1 atom stereocenters. The second kappa shape index (κ2) is 9.07. The summed E-state index contributed by atoms with van der Waals surface area (Å²) >= 11 is 4.99. The van der Waals surface area contributed by atoms with E-state index in [-0.39, 0.29) is 11.6 Å². The highest BCUT2D eigenvalue weighted by Gasteiger charge is 2.33. The predicted molar refractivity (Wildman–Crippen MR) is 142 cm³/mol. The van der Waals surface area contributed by atoms with Crippen LogP contribution in [0.1, 0.15) is 45.7 Å². The number of benzene rings is 2. The smallest absolute Gasteiger partial charge is 0.408 e. The van der Waals surface area contributed by atoms with Gasteiger partial charge in [-0.3, -0.25) is 9.69 Å². The Kier molecular flexibility index (Phi) is 6.48. The first-order valence-corrected chi connectivity index (χ1v) is 12.7. The Hall–Kier alpha value is -2.84. The quantitative estimate of drug-likeness (QED) is 0.275. The van der Waals surface area contributed by atoms with Crippen LogP contribution < -0.4 is 10.3 Å². The van der Waals surface area contributed by atoms with E-state index in [9.17, 15) is 14.7 Å². The number of H-pyrrole nitrogens is 1. The highest BCUT2D eigenvalue weighted by molar-refractivity contribution is 9.10. The van der Waals surface area contributed by atoms with Gasteiger partial charge in [-0.2, -0.15) is 0 Å². The number of carboxylic acid groups (broad SMARTS) is 1. The molecule has 4 rings (SSSR count). The van der Waals surface area contributed by atoms with Gasteiger partial charge in [0.05, 0.1) is 18.7 Å². The van der Waals surface area contributed by atoms with Crippen LogP contribution in [0.4, 0.5) is 4.79 Å². The Balaban J connectivity index is 1.93. The van der Waals surface area contributed by atoms with E-state index >= 15 is 0 Å². The Morgan fingerprint density at radius 1 is 1.24 bits per heavy atom. The van der Waals surface area contributed by atoms with Crippen LogP contribution >= 0.6 is 27.3 Å². The minimum absolute atomic E-state index is 0.119. The van der Waals surface area contributed by atoms with Crippen molar-refractivity contribution in [1.29, 1.82) is 0 Å². The molecule has 8 heteroatoms. The van der Waals surface area contributed by atoms with E-state index in [1.54, 1.807) is 7.11 Å². The summed E-state index contributed by atoms with van der Waals surface area (Å²) in [5, 5.41) is 13.6. The summed E-state index contributed by atoms with van der Waals surface area (Å²) in [6.07, 6.45) is -0.280. The Morgan fingerprint density at radius 3 is 2.47 bits per heavy atom. The van der Waals surface area contributed by atoms with Crippen LogP contribution in [-0.2, 0) is 0 Å². The van der Waals surface area contributed by atoms with E-state index in [1.807, 2.05) is 69.5 Å². The third-order valence-electron chi connectivity index (χ3n) is 6.05. The second-order valence-electron chi connectivity index (χ2n) is 9.17. The van der Waals surface area contributed by atoms with Gasteiger partial charge < -0.3 is 14.8 Å². The molecular weight excluding hydrogens is 516 g/mol. The molecule has 2 N–H and O–H groups in total. The normalized spacial score (nSPS) is 12.8. The van der Waals surface area contributed by atoms with Crippen molar-refractivity contribution >= 4 is 54.3 Å². The first kappa shape index (κ1) is 24.3. The van der Waals surface area contributed by atoms with E-state index in [0.29, 0.717) is 22.4 Å². The maximum Gasteiger partial charge on any atom is 0.408 e. The molecule has 2 aromatic carbocycles. The van der Waals surface area contributed by atoms with Gasteiger partial charge in [0, 0.05) is 26.3 Å². The number of pyridine rings is 1. The number of fused-ring (bicyclic) bond motifs is 3. The fourth-order valence-electron chi connectivity index (χ4n) is 4.65. The number of aromatic amines is 1. The minimum atomic E-state index is -0.937. The van der Waals surface area contributed by atoms with Gasteiger partial charge in [0.25, 0.3) is 5.56 Å². The molecule has 6 nitrogen and oxygen atoms in total. The summed E-state index contributed by atoms with van der Waals surface area (Å²) in [4.78, 5) is 29.2. The summed E-state index contributed by atoms with van der Waals surface area (Å²) in [5.41, 5.74) is 2.79. The van der Waals surface area contributed by atoms with Crippen molar-refractivity contribution in [3.63, 3.8) is 0 Å². The first-order chi connectivity index (χ1) is 16.1. The molecule has 2 heterocycles. The van der Waals surface area contributed by atoms with Crippen LogP contribution in [0.25, 0.3) is 32.1 Å². The number of hydrogen-bond donors (Lipinski definition) is 2. The zero-order valence-electron chi connectivity index (χ0n) is 19.7. The number of nitrogens with one attached hydrogen (secondary N) is 1. The van der Waals surface area contributed by atoms with Gasteiger partial charge in [0.15, 0.2) is 0 Å². The molecule has 0 radical (unpaired) electrons. The van der Waals surface area contributed by atoms with Crippen molar-refractivity contribution in [2.75, 3.05) is 7.11 Å². The lowest BCUT2D eigenvalue weighted by Crippen LogP contribution is -2.47. The first-order valence-electron chi connectivity index (χ1n) is 11.0. The average molecular weight is 543 g/mol. The number of thiophene rings is 1. The molecular formula is C26H27BrN2O4S. The van der Waals surface area contributed by atoms with Gasteiger partial charge in [0.1, 0.15) is 10.4 Å². The summed E-state index contributed by atoms with van der Waals surface area (Å²) in [6, 6.07) is 11.5. The van der Waals surface area contributed by atoms with Crippen LogP contribution in [0.15, 0.2) is 51.0 Å². The largest absolute Gasteiger partial charge is 0.496 e. The molecule has 0 spiro atoms. The Bertz CT molecular complexity index is 1430. The minimum Gasteiger partial charge on any atom is -0.496 e. The molecule has 4 aromatic rings. The third kappa shape index (κ3) is 4.09. The topological polar surface area (TPSA) is 82.6 Å². The van der Waals surface area contributed by atoms with Crippen LogP contribution in [0.2, 0.25) is 0 Å². The zero-order valence-corrected chi connectivity index (χ0v) is 22.1. The average Bonchev–Trinajstić information content (AvgIpc) is 3.27. The van der Waals surface area contributed by atoms with Crippen molar-refractivity contribution in [3.05, 3.63) is 62.2 Å². The maximum absolute atomic E-state index is 12.6. The lowest BCUT2D eigenvalue weighted by atomic mass is 9.93. The number of ether oxygens (including phenoxy) is 1. The highest BCUT2D eigenvalue weighted by Crippen LogP contribution is 2.43. The van der Waals surface area contributed by atoms with E-state index in [2.05, 4.69) is 20.9 Å². The molecule has 2 aromatic heterocycles. The SMILES string of the molecule is CC[C@H](c1ccc(-c2c(OC)cc(Br)c3[nH]c(=O)c4sccc4c23)cc1)N(C(=O)O)C(C)(C)C. The zero-order chi connectivity index (χ0) is 24.8. The number of rotatable bonds is 5. The summed E-state index contributed by atoms with van der Waals surface area (Å²) in [6.45, 7) is 7.72. The van der Waals surface area contributed by atoms with Crippen LogP contribution in [0.5, 0.6) is 5.75 Å². The number of carbonyl (C=O) groups is 1. The molecule has 0 saturated carbocycles. The molecule has 178 valence electrons. The fourth-order valence-corrected chi connectivity index (χ4v) is 5.95. The molecule has 0 unspecified atom stereocenters. The van der Waals surface area contributed by atoms with Crippen molar-refractivity contribution < 1.29 is 14.6 Å². The highest BCUT2D eigenvalue weighted by atomic mass is 79.9. The summed E-state index contributed by atoms with van der Waals surface area (Å²) < 4.78 is 7.17. The van der Waals surface area contributed by atoms with Gasteiger partial charge in [-0.05, 0) is 71.8 Å². The third-order valence-corrected chi connectivity index (χ3v) is 7.59. The van der Waals surface area contributed by atoms with Crippen molar-refractivity contribution in [2.24, 2.45) is 0 Å². The van der Waals surface area contributed by atoms with E-state index in [1.165, 1.54) is 16.2 Å². The number of aromatic nitrogens is 1. The Labute approximate surface area is 210 Å². The van der Waals surface area contributed by atoms with Crippen molar-refractivity contribution in [3.8, 4) is 16.9 Å². The maximum atomic E-state index is 12.6. The lowest BCUT2D eigenvalue weighted by Gasteiger charge is -2.39. The van der Waals surface area contributed by atoms with Gasteiger partial charge in [-0.25, -0.2) is 4.79 Å². The van der Waals surface area contributed by atoms with Gasteiger partial charge in [0.2, 0.25) is 0 Å². The number of amides is 1. The van der Waals surface area contributed by atoms with Gasteiger partial charge >= 0.3 is 6.09 Å². The number of halogens is 1. The van der Waals surface area contributed by atoms with Crippen LogP contribution in [-0.4, -0.2) is 33.7 Å². The molecule has 0 aliphatic heterocycles. The monoisotopic (exact) mass is 542 g/mol. The van der Waals surface area contributed by atoms with E-state index in [0.717, 1.165) is 31.9 Å². The molecule has 0 aliphatic carbocycles. The predicted octanol–water partition coefficient (Wildman–Crippen LogP) is 7.41. The van der Waals surface area contributed by atoms with E-state index < -0.39 is 11.6 Å². The van der Waals surface area contributed by atoms with Gasteiger partial charge in [-0.15, -0.1) is 11.3 Å². The molecule has 34 heavy (non-hydrogen) atoms. The standard InChI is InChI=1S/C26H27BrN2O4S/c1-6-18(29(25(31)32)26(2,3)4)14-7-9-15(10-8-14)20-19(33-5)13-17(27)22-21(20)16-11-12-34-23(16)24(30)28-22/h7-13,18H,6H2,1-5H3,(H,28,30)(H,31,32)/t18-/m1/s1. The summed E-state index contributed by atoms with van der Waals surface area (Å²) in [7, 11) is 1.63. The molecule has 0 bridgehead atoms. The number of nitrogens with zero attached hydrogens (tertiary/aromatic N) is 1. The molecule has 0 fully saturated rings. The fraction of sp³-hybridized carbons (Fsp3) is 0.308. The second-order valence-corrected chi connectivity index (χ2v) is 10.9. The molecule has 1 amide bonds. The van der Waals surface area contributed by atoms with Crippen molar-refractivity contribution in [2.45, 2.75) is 45.7 Å². The number of methoxy groups -OCH3 is 1.